The Labute approximate surface area is 125 Å². The predicted molar refractivity (Wildman–Crippen MR) is 87.5 cm³/mol. The van der Waals surface area contributed by atoms with Crippen LogP contribution in [0.5, 0.6) is 0 Å². The van der Waals surface area contributed by atoms with Crippen LogP contribution in [-0.4, -0.2) is 7.05 Å². The lowest BCUT2D eigenvalue weighted by Crippen LogP contribution is -2.18. The Hall–Kier alpha value is -2.06. The van der Waals surface area contributed by atoms with Crippen molar-refractivity contribution in [2.24, 2.45) is 0 Å². The van der Waals surface area contributed by atoms with Gasteiger partial charge >= 0.3 is 0 Å². The summed E-state index contributed by atoms with van der Waals surface area (Å²) in [5, 5.41) is 5.93. The van der Waals surface area contributed by atoms with Crippen molar-refractivity contribution in [2.45, 2.75) is 25.8 Å². The van der Waals surface area contributed by atoms with Crippen molar-refractivity contribution in [3.8, 4) is 0 Å². The van der Waals surface area contributed by atoms with Crippen LogP contribution in [0.1, 0.15) is 30.0 Å². The van der Waals surface area contributed by atoms with E-state index in [0.717, 1.165) is 24.4 Å². The van der Waals surface area contributed by atoms with Gasteiger partial charge in [0, 0.05) is 6.42 Å². The van der Waals surface area contributed by atoms with Crippen molar-refractivity contribution < 1.29 is 4.42 Å². The zero-order chi connectivity index (χ0) is 14.7. The van der Waals surface area contributed by atoms with Gasteiger partial charge < -0.3 is 9.73 Å². The van der Waals surface area contributed by atoms with Gasteiger partial charge in [-0.15, -0.1) is 0 Å². The van der Waals surface area contributed by atoms with Crippen LogP contribution >= 0.6 is 0 Å². The third-order valence-corrected chi connectivity index (χ3v) is 3.98. The Kier molecular flexibility index (Phi) is 4.07. The molecule has 0 bridgehead atoms. The van der Waals surface area contributed by atoms with E-state index in [9.17, 15) is 0 Å². The quantitative estimate of drug-likeness (QED) is 0.744. The lowest BCUT2D eigenvalue weighted by molar-refractivity contribution is 0.407. The molecule has 1 aromatic heterocycles. The summed E-state index contributed by atoms with van der Waals surface area (Å²) < 4.78 is 5.88. The van der Waals surface area contributed by atoms with Gasteiger partial charge in [-0.25, -0.2) is 0 Å². The maximum atomic E-state index is 5.88. The average Bonchev–Trinajstić information content (AvgIpc) is 3.01. The number of aryl methyl sites for hydroxylation is 1. The van der Waals surface area contributed by atoms with Crippen molar-refractivity contribution in [3.63, 3.8) is 0 Å². The normalized spacial score (nSPS) is 12.7. The molecule has 0 aliphatic rings. The van der Waals surface area contributed by atoms with Crippen LogP contribution in [0.2, 0.25) is 0 Å². The van der Waals surface area contributed by atoms with Gasteiger partial charge in [-0.3, -0.25) is 0 Å². The highest BCUT2D eigenvalue weighted by atomic mass is 16.3. The summed E-state index contributed by atoms with van der Waals surface area (Å²) >= 11 is 0. The molecule has 0 amide bonds. The molecule has 3 rings (SSSR count). The van der Waals surface area contributed by atoms with E-state index in [1.807, 2.05) is 7.05 Å². The maximum absolute atomic E-state index is 5.88. The number of nitrogens with one attached hydrogen (secondary N) is 1. The van der Waals surface area contributed by atoms with Gasteiger partial charge in [-0.05, 0) is 41.9 Å². The molecule has 0 saturated heterocycles. The van der Waals surface area contributed by atoms with E-state index >= 15 is 0 Å². The van der Waals surface area contributed by atoms with Crippen LogP contribution in [0.15, 0.2) is 59.0 Å². The average molecular weight is 279 g/mol. The second-order valence-electron chi connectivity index (χ2n) is 5.38. The fraction of sp³-hybridized carbons (Fsp3) is 0.263. The summed E-state index contributed by atoms with van der Waals surface area (Å²) in [5.41, 5.74) is 1.32. The summed E-state index contributed by atoms with van der Waals surface area (Å²) in [6, 6.07) is 19.5. The molecule has 1 N–H and O–H groups in total. The van der Waals surface area contributed by atoms with Crippen molar-refractivity contribution in [1.29, 1.82) is 0 Å². The van der Waals surface area contributed by atoms with E-state index in [1.165, 1.54) is 16.3 Å². The molecule has 2 heteroatoms. The summed E-state index contributed by atoms with van der Waals surface area (Å²) in [6.45, 7) is 2.11. The van der Waals surface area contributed by atoms with Crippen LogP contribution in [0.25, 0.3) is 10.8 Å². The van der Waals surface area contributed by atoms with Crippen molar-refractivity contribution >= 4 is 10.8 Å². The first-order chi connectivity index (χ1) is 10.3. The molecule has 21 heavy (non-hydrogen) atoms. The molecule has 108 valence electrons. The Bertz CT molecular complexity index is 729. The van der Waals surface area contributed by atoms with Crippen LogP contribution in [0.3, 0.4) is 0 Å². The first-order valence-corrected chi connectivity index (χ1v) is 7.53. The molecule has 0 aliphatic carbocycles. The number of furan rings is 1. The monoisotopic (exact) mass is 279 g/mol. The van der Waals surface area contributed by atoms with Crippen LogP contribution in [0, 0.1) is 0 Å². The van der Waals surface area contributed by atoms with E-state index < -0.39 is 0 Å². The first kappa shape index (κ1) is 13.9. The second kappa shape index (κ2) is 6.15. The zero-order valence-electron chi connectivity index (χ0n) is 12.6. The Morgan fingerprint density at radius 2 is 1.81 bits per heavy atom. The van der Waals surface area contributed by atoms with Crippen molar-refractivity contribution in [2.75, 3.05) is 7.05 Å². The van der Waals surface area contributed by atoms with Gasteiger partial charge in [0.25, 0.3) is 0 Å². The largest absolute Gasteiger partial charge is 0.464 e. The third kappa shape index (κ3) is 3.01. The maximum Gasteiger partial charge on any atom is 0.121 e. The minimum Gasteiger partial charge on any atom is -0.464 e. The Morgan fingerprint density at radius 1 is 1.00 bits per heavy atom. The SMILES string of the molecule is CCc1ccc(C(Cc2ccc3ccccc3c2)NC)o1. The van der Waals surface area contributed by atoms with E-state index in [1.54, 1.807) is 0 Å². The summed E-state index contributed by atoms with van der Waals surface area (Å²) in [7, 11) is 1.99. The van der Waals surface area contributed by atoms with Crippen LogP contribution < -0.4 is 5.32 Å². The Balaban J connectivity index is 1.84. The lowest BCUT2D eigenvalue weighted by Gasteiger charge is -2.14. The molecule has 2 nitrogen and oxygen atoms in total. The molecule has 1 heterocycles. The minimum absolute atomic E-state index is 0.214. The van der Waals surface area contributed by atoms with Gasteiger partial charge in [0.15, 0.2) is 0 Å². The third-order valence-electron chi connectivity index (χ3n) is 3.98. The topological polar surface area (TPSA) is 25.2 Å². The zero-order valence-corrected chi connectivity index (χ0v) is 12.6. The fourth-order valence-corrected chi connectivity index (χ4v) is 2.72. The minimum atomic E-state index is 0.214. The molecule has 0 saturated carbocycles. The van der Waals surface area contributed by atoms with Gasteiger partial charge in [0.1, 0.15) is 11.5 Å². The van der Waals surface area contributed by atoms with Crippen molar-refractivity contribution in [3.05, 3.63) is 71.7 Å². The van der Waals surface area contributed by atoms with E-state index in [2.05, 4.69) is 66.8 Å². The number of benzene rings is 2. The molecule has 1 atom stereocenters. The second-order valence-corrected chi connectivity index (χ2v) is 5.38. The number of hydrogen-bond acceptors (Lipinski definition) is 2. The summed E-state index contributed by atoms with van der Waals surface area (Å²) in [4.78, 5) is 0. The van der Waals surface area contributed by atoms with Gasteiger partial charge in [0.2, 0.25) is 0 Å². The fourth-order valence-electron chi connectivity index (χ4n) is 2.72. The summed E-state index contributed by atoms with van der Waals surface area (Å²) in [5.74, 6) is 2.06. The number of rotatable bonds is 5. The molecule has 3 aromatic rings. The van der Waals surface area contributed by atoms with Crippen LogP contribution in [-0.2, 0) is 12.8 Å². The van der Waals surface area contributed by atoms with Crippen molar-refractivity contribution in [1.82, 2.24) is 5.32 Å². The molecule has 1 unspecified atom stereocenters. The molecule has 0 fully saturated rings. The molecule has 0 aliphatic heterocycles. The van der Waals surface area contributed by atoms with Gasteiger partial charge in [0.05, 0.1) is 6.04 Å². The lowest BCUT2D eigenvalue weighted by atomic mass is 10.0. The molecule has 0 spiro atoms. The smallest absolute Gasteiger partial charge is 0.121 e. The highest BCUT2D eigenvalue weighted by Crippen LogP contribution is 2.23. The van der Waals surface area contributed by atoms with E-state index in [4.69, 9.17) is 4.42 Å². The molecular weight excluding hydrogens is 258 g/mol. The van der Waals surface area contributed by atoms with Gasteiger partial charge in [-0.2, -0.15) is 0 Å². The first-order valence-electron chi connectivity index (χ1n) is 7.53. The van der Waals surface area contributed by atoms with E-state index in [0.29, 0.717) is 0 Å². The number of fused-ring (bicyclic) bond motifs is 1. The standard InChI is InChI=1S/C19H21NO/c1-3-17-10-11-19(21-17)18(20-2)13-14-8-9-15-6-4-5-7-16(15)12-14/h4-12,18,20H,3,13H2,1-2H3. The summed E-state index contributed by atoms with van der Waals surface area (Å²) in [6.07, 6.45) is 1.87. The predicted octanol–water partition coefficient (Wildman–Crippen LogP) is 4.50. The molecular formula is C19H21NO. The molecule has 0 radical (unpaired) electrons. The number of hydrogen-bond donors (Lipinski definition) is 1. The number of likely N-dealkylation sites (N-methyl/N-ethyl adjacent to an activating group) is 1. The van der Waals surface area contributed by atoms with Crippen LogP contribution in [0.4, 0.5) is 0 Å². The highest BCUT2D eigenvalue weighted by molar-refractivity contribution is 5.83. The molecule has 2 aromatic carbocycles. The van der Waals surface area contributed by atoms with Gasteiger partial charge in [-0.1, -0.05) is 49.4 Å². The Morgan fingerprint density at radius 3 is 2.52 bits per heavy atom. The highest BCUT2D eigenvalue weighted by Gasteiger charge is 2.14. The van der Waals surface area contributed by atoms with E-state index in [-0.39, 0.29) is 6.04 Å².